The predicted octanol–water partition coefficient (Wildman–Crippen LogP) is 3.60. The lowest BCUT2D eigenvalue weighted by Crippen LogP contribution is -2.31. The molecule has 4 amide bonds. The smallest absolute Gasteiger partial charge is 0.255 e. The van der Waals surface area contributed by atoms with Gasteiger partial charge in [0.25, 0.3) is 5.91 Å². The van der Waals surface area contributed by atoms with Gasteiger partial charge in [-0.05, 0) is 72.8 Å². The molecule has 0 spiro atoms. The van der Waals surface area contributed by atoms with Gasteiger partial charge in [0.1, 0.15) is 5.82 Å². The van der Waals surface area contributed by atoms with Crippen molar-refractivity contribution in [2.75, 3.05) is 10.2 Å². The minimum Gasteiger partial charge on any atom is -0.366 e. The molecular weight excluding hydrogens is 445 g/mol. The van der Waals surface area contributed by atoms with Crippen molar-refractivity contribution in [3.63, 3.8) is 0 Å². The number of nitrogens with one attached hydrogen (secondary N) is 1. The second-order valence-corrected chi connectivity index (χ2v) is 8.55. The minimum atomic E-state index is -0.591. The van der Waals surface area contributed by atoms with Crippen LogP contribution in [0.1, 0.15) is 27.1 Å². The Bertz CT molecular complexity index is 1230. The third-order valence-electron chi connectivity index (χ3n) is 5.01. The van der Waals surface area contributed by atoms with E-state index in [1.165, 1.54) is 60.3 Å². The van der Waals surface area contributed by atoms with E-state index in [2.05, 4.69) is 5.32 Å². The number of anilines is 2. The maximum absolute atomic E-state index is 13.0. The van der Waals surface area contributed by atoms with Gasteiger partial charge in [-0.25, -0.2) is 9.29 Å². The van der Waals surface area contributed by atoms with Crippen LogP contribution in [0.25, 0.3) is 0 Å². The van der Waals surface area contributed by atoms with E-state index in [9.17, 15) is 23.6 Å². The van der Waals surface area contributed by atoms with Crippen molar-refractivity contribution in [2.45, 2.75) is 16.6 Å². The second kappa shape index (κ2) is 9.25. The molecule has 3 N–H and O–H groups in total. The lowest BCUT2D eigenvalue weighted by molar-refractivity contribution is -0.121. The zero-order chi connectivity index (χ0) is 23.5. The largest absolute Gasteiger partial charge is 0.366 e. The number of hydrogen-bond acceptors (Lipinski definition) is 5. The Hall–Kier alpha value is -3.98. The van der Waals surface area contributed by atoms with Crippen LogP contribution in [0.15, 0.2) is 77.7 Å². The topological polar surface area (TPSA) is 110 Å². The molecule has 0 saturated carbocycles. The van der Waals surface area contributed by atoms with Crippen LogP contribution >= 0.6 is 11.8 Å². The molecule has 1 unspecified atom stereocenters. The number of rotatable bonds is 6. The van der Waals surface area contributed by atoms with E-state index >= 15 is 0 Å². The van der Waals surface area contributed by atoms with Crippen LogP contribution in [0.2, 0.25) is 0 Å². The number of hydrogen-bond donors (Lipinski definition) is 2. The van der Waals surface area contributed by atoms with Crippen LogP contribution in [-0.2, 0) is 9.59 Å². The molecule has 7 nitrogen and oxygen atoms in total. The second-order valence-electron chi connectivity index (χ2n) is 7.27. The lowest BCUT2D eigenvalue weighted by atomic mass is 10.2. The number of benzene rings is 3. The molecule has 3 aromatic carbocycles. The van der Waals surface area contributed by atoms with Crippen molar-refractivity contribution in [2.24, 2.45) is 5.73 Å². The molecule has 33 heavy (non-hydrogen) atoms. The van der Waals surface area contributed by atoms with E-state index in [-0.39, 0.29) is 29.7 Å². The van der Waals surface area contributed by atoms with Crippen LogP contribution in [0.5, 0.6) is 0 Å². The number of imide groups is 1. The number of thioether (sulfide) groups is 1. The molecule has 9 heteroatoms. The van der Waals surface area contributed by atoms with Crippen LogP contribution in [0.4, 0.5) is 15.8 Å². The molecular formula is C24H18FN3O4S. The standard InChI is InChI=1S/C24H18FN3O4S/c25-16-5-1-15(2-6-16)23(31)27-17-7-11-19(12-8-17)33-20-13-21(29)28(24(20)32)18-9-3-14(4-10-18)22(26)30/h1-12,20H,13H2,(H2,26,30)(H,27,31). The molecule has 1 atom stereocenters. The van der Waals surface area contributed by atoms with Gasteiger partial charge in [-0.1, -0.05) is 0 Å². The van der Waals surface area contributed by atoms with Crippen molar-refractivity contribution >= 4 is 46.8 Å². The van der Waals surface area contributed by atoms with E-state index in [4.69, 9.17) is 5.73 Å². The summed E-state index contributed by atoms with van der Waals surface area (Å²) in [6, 6.07) is 18.0. The highest BCUT2D eigenvalue weighted by atomic mass is 32.2. The average Bonchev–Trinajstić information content (AvgIpc) is 3.08. The Morgan fingerprint density at radius 2 is 1.52 bits per heavy atom. The molecule has 0 aromatic heterocycles. The first-order chi connectivity index (χ1) is 15.8. The Kier molecular flexibility index (Phi) is 6.23. The number of halogens is 1. The summed E-state index contributed by atoms with van der Waals surface area (Å²) in [5, 5.41) is 2.13. The molecule has 0 radical (unpaired) electrons. The number of nitrogens with two attached hydrogens (primary N) is 1. The first-order valence-corrected chi connectivity index (χ1v) is 10.8. The molecule has 1 aliphatic rings. The monoisotopic (exact) mass is 463 g/mol. The molecule has 1 heterocycles. The Labute approximate surface area is 192 Å². The molecule has 166 valence electrons. The zero-order valence-corrected chi connectivity index (χ0v) is 18.0. The van der Waals surface area contributed by atoms with Crippen LogP contribution in [-0.4, -0.2) is 28.9 Å². The number of carbonyl (C=O) groups excluding carboxylic acids is 4. The highest BCUT2D eigenvalue weighted by Gasteiger charge is 2.40. The van der Waals surface area contributed by atoms with Crippen LogP contribution in [0.3, 0.4) is 0 Å². The summed E-state index contributed by atoms with van der Waals surface area (Å²) < 4.78 is 13.0. The summed E-state index contributed by atoms with van der Waals surface area (Å²) in [6.07, 6.45) is 0.0458. The Balaban J connectivity index is 1.40. The van der Waals surface area contributed by atoms with Gasteiger partial charge in [-0.3, -0.25) is 19.2 Å². The number of nitrogens with zero attached hydrogens (tertiary/aromatic N) is 1. The van der Waals surface area contributed by atoms with Crippen molar-refractivity contribution < 1.29 is 23.6 Å². The fourth-order valence-corrected chi connectivity index (χ4v) is 4.38. The van der Waals surface area contributed by atoms with E-state index in [0.717, 1.165) is 9.80 Å². The SMILES string of the molecule is NC(=O)c1ccc(N2C(=O)CC(Sc3ccc(NC(=O)c4ccc(F)cc4)cc3)C2=O)cc1. The van der Waals surface area contributed by atoms with E-state index < -0.39 is 17.0 Å². The van der Waals surface area contributed by atoms with Crippen LogP contribution < -0.4 is 16.0 Å². The average molecular weight is 463 g/mol. The molecule has 4 rings (SSSR count). The van der Waals surface area contributed by atoms with Crippen molar-refractivity contribution in [1.29, 1.82) is 0 Å². The van der Waals surface area contributed by atoms with Crippen molar-refractivity contribution in [3.05, 3.63) is 89.7 Å². The van der Waals surface area contributed by atoms with Crippen LogP contribution in [0, 0.1) is 5.82 Å². The van der Waals surface area contributed by atoms with Gasteiger partial charge in [0.05, 0.1) is 10.9 Å². The summed E-state index contributed by atoms with van der Waals surface area (Å²) in [6.45, 7) is 0. The summed E-state index contributed by atoms with van der Waals surface area (Å²) in [5.41, 5.74) is 6.77. The lowest BCUT2D eigenvalue weighted by Gasteiger charge is -2.15. The summed E-state index contributed by atoms with van der Waals surface area (Å²) >= 11 is 1.25. The van der Waals surface area contributed by atoms with E-state index in [0.29, 0.717) is 16.9 Å². The van der Waals surface area contributed by atoms with Gasteiger partial charge in [-0.2, -0.15) is 0 Å². The number of primary amides is 1. The quantitative estimate of drug-likeness (QED) is 0.543. The third-order valence-corrected chi connectivity index (χ3v) is 6.21. The summed E-state index contributed by atoms with van der Waals surface area (Å²) in [4.78, 5) is 50.6. The third kappa shape index (κ3) is 4.93. The van der Waals surface area contributed by atoms with Gasteiger partial charge in [0.2, 0.25) is 17.7 Å². The minimum absolute atomic E-state index is 0.0458. The van der Waals surface area contributed by atoms with Gasteiger partial charge >= 0.3 is 0 Å². The zero-order valence-electron chi connectivity index (χ0n) is 17.2. The fourth-order valence-electron chi connectivity index (χ4n) is 3.33. The Morgan fingerprint density at radius 1 is 0.909 bits per heavy atom. The molecule has 3 aromatic rings. The van der Waals surface area contributed by atoms with Gasteiger partial charge in [0.15, 0.2) is 0 Å². The molecule has 1 aliphatic heterocycles. The van der Waals surface area contributed by atoms with E-state index in [1.807, 2.05) is 0 Å². The van der Waals surface area contributed by atoms with Gasteiger partial charge < -0.3 is 11.1 Å². The molecule has 1 fully saturated rings. The number of carbonyl (C=O) groups is 4. The first kappa shape index (κ1) is 22.2. The molecule has 0 bridgehead atoms. The number of amides is 4. The molecule has 1 saturated heterocycles. The summed E-state index contributed by atoms with van der Waals surface area (Å²) in [7, 11) is 0. The normalized spacial score (nSPS) is 15.5. The summed E-state index contributed by atoms with van der Waals surface area (Å²) in [5.74, 6) is -2.05. The van der Waals surface area contributed by atoms with Gasteiger partial charge in [-0.15, -0.1) is 11.8 Å². The van der Waals surface area contributed by atoms with Gasteiger partial charge in [0, 0.05) is 28.1 Å². The Morgan fingerprint density at radius 3 is 2.12 bits per heavy atom. The van der Waals surface area contributed by atoms with Crippen molar-refractivity contribution in [3.8, 4) is 0 Å². The fraction of sp³-hybridized carbons (Fsp3) is 0.0833. The molecule has 0 aliphatic carbocycles. The maximum Gasteiger partial charge on any atom is 0.255 e. The first-order valence-electron chi connectivity index (χ1n) is 9.92. The highest BCUT2D eigenvalue weighted by molar-refractivity contribution is 8.00. The maximum atomic E-state index is 13.0. The van der Waals surface area contributed by atoms with Crippen molar-refractivity contribution in [1.82, 2.24) is 0 Å². The predicted molar refractivity (Wildman–Crippen MR) is 123 cm³/mol. The highest BCUT2D eigenvalue weighted by Crippen LogP contribution is 2.34. The van der Waals surface area contributed by atoms with E-state index in [1.54, 1.807) is 24.3 Å².